The van der Waals surface area contributed by atoms with Gasteiger partial charge in [0.1, 0.15) is 0 Å². The predicted octanol–water partition coefficient (Wildman–Crippen LogP) is 1.56. The van der Waals surface area contributed by atoms with E-state index in [4.69, 9.17) is 9.15 Å². The van der Waals surface area contributed by atoms with E-state index < -0.39 is 23.1 Å². The summed E-state index contributed by atoms with van der Waals surface area (Å²) in [6, 6.07) is 4.03. The van der Waals surface area contributed by atoms with Crippen LogP contribution < -0.4 is 20.7 Å². The summed E-state index contributed by atoms with van der Waals surface area (Å²) in [4.78, 5) is 33.6. The third-order valence-electron chi connectivity index (χ3n) is 4.90. The molecule has 0 spiro atoms. The molecule has 2 N–H and O–H groups in total. The van der Waals surface area contributed by atoms with Gasteiger partial charge in [0.15, 0.2) is 28.6 Å². The lowest BCUT2D eigenvalue weighted by Gasteiger charge is -2.36. The molecule has 2 aromatic heterocycles. The Labute approximate surface area is 169 Å². The standard InChI is InChI=1S/C19H19F2N5O4/c1-29-17-13(20)7-12(8-14(17)21)25-2-4-26(5-3-25)16(27)10-22-11-6-15-18(23-9-11)24-19(28)30-15/h6-9,22H,2-5,10H2,1H3,(H,23,24,28). The summed E-state index contributed by atoms with van der Waals surface area (Å²) >= 11 is 0. The first-order valence-electron chi connectivity index (χ1n) is 9.23. The van der Waals surface area contributed by atoms with Crippen molar-refractivity contribution in [2.45, 2.75) is 0 Å². The van der Waals surface area contributed by atoms with Crippen LogP contribution >= 0.6 is 0 Å². The number of rotatable bonds is 5. The number of aromatic nitrogens is 2. The van der Waals surface area contributed by atoms with Crippen LogP contribution in [-0.2, 0) is 4.79 Å². The Morgan fingerprint density at radius 2 is 1.93 bits per heavy atom. The van der Waals surface area contributed by atoms with E-state index >= 15 is 0 Å². The molecular formula is C19H19F2N5O4. The van der Waals surface area contributed by atoms with Gasteiger partial charge in [0.05, 0.1) is 25.5 Å². The minimum Gasteiger partial charge on any atom is -0.491 e. The van der Waals surface area contributed by atoms with Crippen LogP contribution in [0.5, 0.6) is 5.75 Å². The van der Waals surface area contributed by atoms with E-state index in [0.29, 0.717) is 48.8 Å². The molecule has 9 nitrogen and oxygen atoms in total. The number of carbonyl (C=O) groups excluding carboxylic acids is 1. The number of methoxy groups -OCH3 is 1. The van der Waals surface area contributed by atoms with Gasteiger partial charge in [0.25, 0.3) is 0 Å². The summed E-state index contributed by atoms with van der Waals surface area (Å²) < 4.78 is 37.5. The molecule has 3 heterocycles. The average Bonchev–Trinajstić information content (AvgIpc) is 3.11. The van der Waals surface area contributed by atoms with E-state index in [2.05, 4.69) is 15.3 Å². The van der Waals surface area contributed by atoms with Gasteiger partial charge >= 0.3 is 5.76 Å². The normalized spacial score (nSPS) is 14.2. The number of amides is 1. The van der Waals surface area contributed by atoms with Crippen LogP contribution in [0.3, 0.4) is 0 Å². The van der Waals surface area contributed by atoms with Crippen molar-refractivity contribution in [3.63, 3.8) is 0 Å². The van der Waals surface area contributed by atoms with Gasteiger partial charge in [0, 0.05) is 50.1 Å². The second-order valence-corrected chi connectivity index (χ2v) is 6.75. The number of anilines is 2. The maximum Gasteiger partial charge on any atom is 0.418 e. The highest BCUT2D eigenvalue weighted by atomic mass is 19.1. The van der Waals surface area contributed by atoms with Crippen LogP contribution in [0.15, 0.2) is 33.6 Å². The number of pyridine rings is 1. The number of halogens is 2. The molecule has 158 valence electrons. The third-order valence-corrected chi connectivity index (χ3v) is 4.90. The van der Waals surface area contributed by atoms with Gasteiger partial charge in [-0.1, -0.05) is 0 Å². The van der Waals surface area contributed by atoms with E-state index in [1.165, 1.54) is 25.4 Å². The van der Waals surface area contributed by atoms with Gasteiger partial charge in [-0.15, -0.1) is 0 Å². The monoisotopic (exact) mass is 419 g/mol. The van der Waals surface area contributed by atoms with Crippen LogP contribution in [0, 0.1) is 11.6 Å². The van der Waals surface area contributed by atoms with Crippen molar-refractivity contribution in [2.75, 3.05) is 50.1 Å². The largest absolute Gasteiger partial charge is 0.491 e. The van der Waals surface area contributed by atoms with E-state index in [-0.39, 0.29) is 12.5 Å². The number of benzene rings is 1. The van der Waals surface area contributed by atoms with Crippen LogP contribution in [0.4, 0.5) is 20.2 Å². The van der Waals surface area contributed by atoms with Gasteiger partial charge in [-0.25, -0.2) is 18.6 Å². The molecule has 3 aromatic rings. The summed E-state index contributed by atoms with van der Waals surface area (Å²) in [6.07, 6.45) is 1.49. The molecule has 11 heteroatoms. The summed E-state index contributed by atoms with van der Waals surface area (Å²) in [6.45, 7) is 1.76. The highest BCUT2D eigenvalue weighted by Gasteiger charge is 2.23. The van der Waals surface area contributed by atoms with Gasteiger partial charge in [0.2, 0.25) is 5.91 Å². The number of aromatic amines is 1. The predicted molar refractivity (Wildman–Crippen MR) is 105 cm³/mol. The molecule has 0 unspecified atom stereocenters. The number of fused-ring (bicyclic) bond motifs is 1. The number of hydrogen-bond donors (Lipinski definition) is 2. The first kappa shape index (κ1) is 19.7. The SMILES string of the molecule is COc1c(F)cc(N2CCN(C(=O)CNc3cnc4[nH]c(=O)oc4c3)CC2)cc1F. The Kier molecular flexibility index (Phi) is 5.25. The fourth-order valence-electron chi connectivity index (χ4n) is 3.36. The van der Waals surface area contributed by atoms with E-state index in [9.17, 15) is 18.4 Å². The lowest BCUT2D eigenvalue weighted by Crippen LogP contribution is -2.50. The number of hydrogen-bond acceptors (Lipinski definition) is 7. The third kappa shape index (κ3) is 3.91. The average molecular weight is 419 g/mol. The molecule has 0 bridgehead atoms. The zero-order valence-corrected chi connectivity index (χ0v) is 16.1. The van der Waals surface area contributed by atoms with Crippen LogP contribution in [0.2, 0.25) is 0 Å². The molecule has 4 rings (SSSR count). The summed E-state index contributed by atoms with van der Waals surface area (Å²) in [5.41, 5.74) is 1.58. The zero-order valence-electron chi connectivity index (χ0n) is 16.1. The molecule has 0 atom stereocenters. The Morgan fingerprint density at radius 1 is 1.23 bits per heavy atom. The Bertz CT molecular complexity index is 1110. The number of H-pyrrole nitrogens is 1. The minimum atomic E-state index is -0.765. The topological polar surface area (TPSA) is 104 Å². The minimum absolute atomic E-state index is 0.0354. The maximum atomic E-state index is 13.9. The van der Waals surface area contributed by atoms with Crippen molar-refractivity contribution in [2.24, 2.45) is 0 Å². The van der Waals surface area contributed by atoms with Crippen molar-refractivity contribution in [3.8, 4) is 5.75 Å². The van der Waals surface area contributed by atoms with Crippen molar-refractivity contribution < 1.29 is 22.7 Å². The first-order valence-corrected chi connectivity index (χ1v) is 9.23. The van der Waals surface area contributed by atoms with Crippen LogP contribution in [-0.4, -0.2) is 60.6 Å². The summed E-state index contributed by atoms with van der Waals surface area (Å²) in [5, 5.41) is 2.96. The molecule has 1 amide bonds. The molecule has 0 aliphatic carbocycles. The molecule has 1 aromatic carbocycles. The maximum absolute atomic E-state index is 13.9. The van der Waals surface area contributed by atoms with Gasteiger partial charge in [-0.05, 0) is 0 Å². The van der Waals surface area contributed by atoms with Crippen molar-refractivity contribution >= 4 is 28.5 Å². The fraction of sp³-hybridized carbons (Fsp3) is 0.316. The number of carbonyl (C=O) groups is 1. The number of ether oxygens (including phenoxy) is 1. The van der Waals surface area contributed by atoms with E-state index in [1.807, 2.05) is 4.90 Å². The molecule has 30 heavy (non-hydrogen) atoms. The van der Waals surface area contributed by atoms with E-state index in [1.54, 1.807) is 11.0 Å². The zero-order chi connectivity index (χ0) is 21.3. The number of nitrogens with zero attached hydrogens (tertiary/aromatic N) is 3. The van der Waals surface area contributed by atoms with Crippen molar-refractivity contribution in [1.82, 2.24) is 14.9 Å². The number of nitrogens with one attached hydrogen (secondary N) is 2. The van der Waals surface area contributed by atoms with Crippen LogP contribution in [0.1, 0.15) is 0 Å². The lowest BCUT2D eigenvalue weighted by molar-refractivity contribution is -0.129. The Balaban J connectivity index is 1.33. The lowest BCUT2D eigenvalue weighted by atomic mass is 10.2. The van der Waals surface area contributed by atoms with Crippen molar-refractivity contribution in [1.29, 1.82) is 0 Å². The quantitative estimate of drug-likeness (QED) is 0.647. The van der Waals surface area contributed by atoms with Gasteiger partial charge in [-0.2, -0.15) is 0 Å². The number of oxazole rings is 1. The summed E-state index contributed by atoms with van der Waals surface area (Å²) in [5.74, 6) is -2.67. The second-order valence-electron chi connectivity index (χ2n) is 6.75. The van der Waals surface area contributed by atoms with Crippen molar-refractivity contribution in [3.05, 3.63) is 46.6 Å². The molecule has 1 aliphatic heterocycles. The smallest absolute Gasteiger partial charge is 0.418 e. The first-order chi connectivity index (χ1) is 14.4. The molecule has 1 aliphatic rings. The Morgan fingerprint density at radius 3 is 2.60 bits per heavy atom. The van der Waals surface area contributed by atoms with Gasteiger partial charge < -0.3 is 24.3 Å². The number of piperazine rings is 1. The highest BCUT2D eigenvalue weighted by Crippen LogP contribution is 2.28. The summed E-state index contributed by atoms with van der Waals surface area (Å²) in [7, 11) is 1.21. The van der Waals surface area contributed by atoms with Crippen LogP contribution in [0.25, 0.3) is 11.2 Å². The molecular weight excluding hydrogens is 400 g/mol. The fourth-order valence-corrected chi connectivity index (χ4v) is 3.36. The molecule has 1 fully saturated rings. The van der Waals surface area contributed by atoms with E-state index in [0.717, 1.165) is 0 Å². The highest BCUT2D eigenvalue weighted by molar-refractivity contribution is 5.82. The Hall–Kier alpha value is -3.63. The molecule has 0 saturated carbocycles. The molecule has 0 radical (unpaired) electrons. The van der Waals surface area contributed by atoms with Gasteiger partial charge in [-0.3, -0.25) is 9.78 Å². The second kappa shape index (κ2) is 8.01. The molecule has 1 saturated heterocycles.